The van der Waals surface area contributed by atoms with Crippen LogP contribution in [0.1, 0.15) is 18.2 Å². The van der Waals surface area contributed by atoms with Crippen molar-refractivity contribution < 1.29 is 0 Å². The molecule has 1 unspecified atom stereocenters. The summed E-state index contributed by atoms with van der Waals surface area (Å²) in [7, 11) is 0. The number of thioether (sulfide) groups is 1. The van der Waals surface area contributed by atoms with Crippen LogP contribution in [0.4, 0.5) is 0 Å². The van der Waals surface area contributed by atoms with Crippen LogP contribution in [0, 0.1) is 6.92 Å². The molecule has 0 spiro atoms. The highest BCUT2D eigenvalue weighted by molar-refractivity contribution is 8.00. The first-order chi connectivity index (χ1) is 7.66. The normalized spacial score (nSPS) is 19.1. The van der Waals surface area contributed by atoms with E-state index in [1.165, 1.54) is 15.8 Å². The summed E-state index contributed by atoms with van der Waals surface area (Å²) in [4.78, 5) is 6.02. The summed E-state index contributed by atoms with van der Waals surface area (Å²) >= 11 is 8.14. The molecule has 1 aromatic carbocycles. The molecule has 0 aliphatic carbocycles. The lowest BCUT2D eigenvalue weighted by atomic mass is 10.1. The summed E-state index contributed by atoms with van der Waals surface area (Å²) in [6, 6.07) is 6.04. The number of fused-ring (bicyclic) bond motifs is 3. The second kappa shape index (κ2) is 3.64. The number of aromatic nitrogens is 1. The average Bonchev–Trinajstić information content (AvgIpc) is 2.63. The highest BCUT2D eigenvalue weighted by Gasteiger charge is 2.24. The van der Waals surface area contributed by atoms with Crippen molar-refractivity contribution in [3.8, 4) is 0 Å². The minimum atomic E-state index is 0.653. The molecule has 3 heteroatoms. The summed E-state index contributed by atoms with van der Waals surface area (Å²) in [6.07, 6.45) is 1.13. The number of benzene rings is 1. The SMILES string of the molecule is Cc1nc2c(Cl)cccc2c2c1CC(C)S2. The third kappa shape index (κ3) is 1.44. The van der Waals surface area contributed by atoms with Crippen LogP contribution in [0.2, 0.25) is 5.02 Å². The van der Waals surface area contributed by atoms with E-state index in [-0.39, 0.29) is 0 Å². The van der Waals surface area contributed by atoms with E-state index in [9.17, 15) is 0 Å². The number of hydrogen-bond acceptors (Lipinski definition) is 2. The summed E-state index contributed by atoms with van der Waals surface area (Å²) in [6.45, 7) is 4.35. The van der Waals surface area contributed by atoms with E-state index in [0.29, 0.717) is 5.25 Å². The molecule has 0 N–H and O–H groups in total. The zero-order chi connectivity index (χ0) is 11.3. The van der Waals surface area contributed by atoms with Crippen molar-refractivity contribution in [2.24, 2.45) is 0 Å². The van der Waals surface area contributed by atoms with Crippen LogP contribution >= 0.6 is 23.4 Å². The average molecular weight is 250 g/mol. The zero-order valence-corrected chi connectivity index (χ0v) is 10.8. The maximum absolute atomic E-state index is 6.20. The van der Waals surface area contributed by atoms with E-state index >= 15 is 0 Å². The largest absolute Gasteiger partial charge is 0.251 e. The molecule has 2 aromatic rings. The molecule has 1 atom stereocenters. The van der Waals surface area contributed by atoms with Crippen LogP contribution in [-0.4, -0.2) is 10.2 Å². The van der Waals surface area contributed by atoms with Gasteiger partial charge in [-0.2, -0.15) is 0 Å². The number of para-hydroxylation sites is 1. The lowest BCUT2D eigenvalue weighted by Crippen LogP contribution is -1.96. The fourth-order valence-electron chi connectivity index (χ4n) is 2.28. The van der Waals surface area contributed by atoms with Gasteiger partial charge in [-0.15, -0.1) is 11.8 Å². The second-order valence-corrected chi connectivity index (χ2v) is 6.13. The fraction of sp³-hybridized carbons (Fsp3) is 0.308. The number of rotatable bonds is 0. The van der Waals surface area contributed by atoms with Gasteiger partial charge in [-0.05, 0) is 25.0 Å². The van der Waals surface area contributed by atoms with Gasteiger partial charge in [0.15, 0.2) is 0 Å². The van der Waals surface area contributed by atoms with E-state index in [0.717, 1.165) is 22.7 Å². The van der Waals surface area contributed by atoms with E-state index < -0.39 is 0 Å². The molecule has 1 aromatic heterocycles. The summed E-state index contributed by atoms with van der Waals surface area (Å²) < 4.78 is 0. The molecule has 0 bridgehead atoms. The molecule has 82 valence electrons. The van der Waals surface area contributed by atoms with E-state index in [1.807, 2.05) is 23.9 Å². The first-order valence-corrected chi connectivity index (χ1v) is 6.67. The first-order valence-electron chi connectivity index (χ1n) is 5.41. The molecular weight excluding hydrogens is 238 g/mol. The molecule has 0 saturated carbocycles. The van der Waals surface area contributed by atoms with Gasteiger partial charge in [0.2, 0.25) is 0 Å². The molecule has 1 nitrogen and oxygen atoms in total. The Hall–Kier alpha value is -0.730. The van der Waals surface area contributed by atoms with E-state index in [4.69, 9.17) is 11.6 Å². The minimum Gasteiger partial charge on any atom is -0.251 e. The van der Waals surface area contributed by atoms with Crippen LogP contribution in [-0.2, 0) is 6.42 Å². The quantitative estimate of drug-likeness (QED) is 0.693. The van der Waals surface area contributed by atoms with Gasteiger partial charge in [-0.25, -0.2) is 0 Å². The molecule has 16 heavy (non-hydrogen) atoms. The molecule has 2 heterocycles. The van der Waals surface area contributed by atoms with E-state index in [2.05, 4.69) is 24.9 Å². The summed E-state index contributed by atoms with van der Waals surface area (Å²) in [5.41, 5.74) is 3.49. The van der Waals surface area contributed by atoms with Crippen LogP contribution < -0.4 is 0 Å². The van der Waals surface area contributed by atoms with Crippen LogP contribution in [0.25, 0.3) is 10.9 Å². The van der Waals surface area contributed by atoms with E-state index in [1.54, 1.807) is 0 Å². The van der Waals surface area contributed by atoms with Gasteiger partial charge in [0, 0.05) is 21.2 Å². The summed E-state index contributed by atoms with van der Waals surface area (Å²) in [5, 5.41) is 2.62. The Labute approximate surface area is 104 Å². The second-order valence-electron chi connectivity index (χ2n) is 4.27. The number of hydrogen-bond donors (Lipinski definition) is 0. The number of nitrogens with zero attached hydrogens (tertiary/aromatic N) is 1. The molecule has 0 fully saturated rings. The third-order valence-corrected chi connectivity index (χ3v) is 4.61. The lowest BCUT2D eigenvalue weighted by molar-refractivity contribution is 0.937. The molecule has 0 saturated heterocycles. The molecule has 1 aliphatic rings. The smallest absolute Gasteiger partial charge is 0.0902 e. The van der Waals surface area contributed by atoms with Gasteiger partial charge in [0.25, 0.3) is 0 Å². The molecule has 3 rings (SSSR count). The van der Waals surface area contributed by atoms with Gasteiger partial charge in [0.05, 0.1) is 10.5 Å². The molecule has 0 radical (unpaired) electrons. The zero-order valence-electron chi connectivity index (χ0n) is 9.25. The minimum absolute atomic E-state index is 0.653. The Bertz CT molecular complexity index is 580. The number of aryl methyl sites for hydroxylation is 1. The van der Waals surface area contributed by atoms with Gasteiger partial charge in [0.1, 0.15) is 0 Å². The Morgan fingerprint density at radius 3 is 3.06 bits per heavy atom. The Morgan fingerprint density at radius 2 is 2.25 bits per heavy atom. The lowest BCUT2D eigenvalue weighted by Gasteiger charge is -2.08. The van der Waals surface area contributed by atoms with Gasteiger partial charge in [-0.3, -0.25) is 4.98 Å². The van der Waals surface area contributed by atoms with Crippen molar-refractivity contribution in [3.63, 3.8) is 0 Å². The topological polar surface area (TPSA) is 12.9 Å². The predicted molar refractivity (Wildman–Crippen MR) is 70.5 cm³/mol. The van der Waals surface area contributed by atoms with Crippen molar-refractivity contribution >= 4 is 34.3 Å². The third-order valence-electron chi connectivity index (χ3n) is 3.03. The highest BCUT2D eigenvalue weighted by atomic mass is 35.5. The monoisotopic (exact) mass is 249 g/mol. The summed E-state index contributed by atoms with van der Waals surface area (Å²) in [5.74, 6) is 0. The Morgan fingerprint density at radius 1 is 1.44 bits per heavy atom. The van der Waals surface area contributed by atoms with Crippen molar-refractivity contribution in [2.75, 3.05) is 0 Å². The number of halogens is 1. The van der Waals surface area contributed by atoms with Crippen LogP contribution in [0.5, 0.6) is 0 Å². The highest BCUT2D eigenvalue weighted by Crippen LogP contribution is 2.43. The number of pyridine rings is 1. The van der Waals surface area contributed by atoms with Crippen LogP contribution in [0.3, 0.4) is 0 Å². The Kier molecular flexibility index (Phi) is 2.37. The first kappa shape index (κ1) is 10.4. The maximum Gasteiger partial charge on any atom is 0.0902 e. The van der Waals surface area contributed by atoms with Crippen LogP contribution in [0.15, 0.2) is 23.1 Å². The molecular formula is C13H12ClNS. The Balaban J connectivity index is 2.41. The predicted octanol–water partition coefficient (Wildman–Crippen LogP) is 4.23. The van der Waals surface area contributed by atoms with Gasteiger partial charge in [-0.1, -0.05) is 30.7 Å². The standard InChI is InChI=1S/C13H12ClNS/c1-7-6-10-8(2)15-12-9(13(10)16-7)4-3-5-11(12)14/h3-5,7H,6H2,1-2H3. The molecule has 1 aliphatic heterocycles. The van der Waals surface area contributed by atoms with Crippen molar-refractivity contribution in [2.45, 2.75) is 30.4 Å². The van der Waals surface area contributed by atoms with Crippen molar-refractivity contribution in [1.82, 2.24) is 4.98 Å². The molecule has 0 amide bonds. The fourth-order valence-corrected chi connectivity index (χ4v) is 3.81. The maximum atomic E-state index is 6.20. The van der Waals surface area contributed by atoms with Gasteiger partial charge >= 0.3 is 0 Å². The van der Waals surface area contributed by atoms with Crippen molar-refractivity contribution in [3.05, 3.63) is 34.5 Å². The van der Waals surface area contributed by atoms with Crippen molar-refractivity contribution in [1.29, 1.82) is 0 Å². The van der Waals surface area contributed by atoms with Gasteiger partial charge < -0.3 is 0 Å².